The fourth-order valence-electron chi connectivity index (χ4n) is 2.43. The van der Waals surface area contributed by atoms with Gasteiger partial charge in [0.1, 0.15) is 11.2 Å². The van der Waals surface area contributed by atoms with Crippen molar-refractivity contribution >= 4 is 12.2 Å². The first-order valence-electron chi connectivity index (χ1n) is 8.29. The monoisotopic (exact) mass is 328 g/mol. The molecule has 0 aromatic heterocycles. The van der Waals surface area contributed by atoms with Gasteiger partial charge in [-0.1, -0.05) is 0 Å². The maximum absolute atomic E-state index is 12.0. The molecular formula is C17H32N2O4. The van der Waals surface area contributed by atoms with Gasteiger partial charge in [-0.25, -0.2) is 9.59 Å². The number of carbonyl (C=O) groups is 2. The van der Waals surface area contributed by atoms with Crippen LogP contribution >= 0.6 is 0 Å². The van der Waals surface area contributed by atoms with Crippen LogP contribution in [0, 0.1) is 5.92 Å². The van der Waals surface area contributed by atoms with Crippen molar-refractivity contribution in [1.29, 1.82) is 0 Å². The zero-order valence-electron chi connectivity index (χ0n) is 15.6. The number of piperidine rings is 1. The average molecular weight is 328 g/mol. The van der Waals surface area contributed by atoms with E-state index in [2.05, 4.69) is 0 Å². The Morgan fingerprint density at radius 1 is 1.00 bits per heavy atom. The van der Waals surface area contributed by atoms with Crippen molar-refractivity contribution in [3.8, 4) is 0 Å². The normalized spacial score (nSPS) is 16.9. The molecule has 0 atom stereocenters. The van der Waals surface area contributed by atoms with Crippen LogP contribution < -0.4 is 0 Å². The molecule has 0 unspecified atom stereocenters. The molecule has 0 radical (unpaired) electrons. The Hall–Kier alpha value is -1.46. The molecule has 0 N–H and O–H groups in total. The molecule has 134 valence electrons. The Morgan fingerprint density at radius 3 is 1.91 bits per heavy atom. The first-order valence-corrected chi connectivity index (χ1v) is 8.29. The topological polar surface area (TPSA) is 59.1 Å². The Bertz CT molecular complexity index is 415. The van der Waals surface area contributed by atoms with Gasteiger partial charge in [-0.05, 0) is 60.3 Å². The highest BCUT2D eigenvalue weighted by Gasteiger charge is 2.28. The van der Waals surface area contributed by atoms with E-state index in [1.807, 2.05) is 41.5 Å². The number of rotatable bonds is 2. The van der Waals surface area contributed by atoms with E-state index in [0.29, 0.717) is 25.6 Å². The second-order valence-electron chi connectivity index (χ2n) is 8.27. The fourth-order valence-corrected chi connectivity index (χ4v) is 2.43. The standard InChI is InChI=1S/C17H32N2O4/c1-16(2,3)22-14(20)18(7)12-13-8-10-19(11-9-13)15(21)23-17(4,5)6/h13H,8-12H2,1-7H3. The van der Waals surface area contributed by atoms with Gasteiger partial charge in [-0.3, -0.25) is 0 Å². The number of likely N-dealkylation sites (tertiary alicyclic amines) is 1. The van der Waals surface area contributed by atoms with Crippen LogP contribution in [-0.2, 0) is 9.47 Å². The molecule has 1 saturated heterocycles. The molecule has 0 aliphatic carbocycles. The molecule has 1 fully saturated rings. The van der Waals surface area contributed by atoms with Gasteiger partial charge >= 0.3 is 12.2 Å². The molecule has 1 aliphatic rings. The molecule has 2 amide bonds. The Morgan fingerprint density at radius 2 is 1.48 bits per heavy atom. The van der Waals surface area contributed by atoms with Crippen LogP contribution in [-0.4, -0.2) is 59.9 Å². The van der Waals surface area contributed by atoms with Gasteiger partial charge in [-0.2, -0.15) is 0 Å². The Kier molecular flexibility index (Phi) is 6.31. The first kappa shape index (κ1) is 19.6. The van der Waals surface area contributed by atoms with Gasteiger partial charge in [0.25, 0.3) is 0 Å². The third-order valence-corrected chi connectivity index (χ3v) is 3.50. The summed E-state index contributed by atoms with van der Waals surface area (Å²) in [6.45, 7) is 13.2. The molecule has 6 heteroatoms. The van der Waals surface area contributed by atoms with Crippen LogP contribution in [0.25, 0.3) is 0 Å². The highest BCUT2D eigenvalue weighted by Crippen LogP contribution is 2.21. The molecule has 23 heavy (non-hydrogen) atoms. The van der Waals surface area contributed by atoms with Crippen LogP contribution in [0.15, 0.2) is 0 Å². The summed E-state index contributed by atoms with van der Waals surface area (Å²) in [4.78, 5) is 27.4. The summed E-state index contributed by atoms with van der Waals surface area (Å²) in [7, 11) is 1.76. The van der Waals surface area contributed by atoms with E-state index >= 15 is 0 Å². The molecule has 0 spiro atoms. The maximum atomic E-state index is 12.0. The quantitative estimate of drug-likeness (QED) is 0.778. The van der Waals surface area contributed by atoms with Crippen molar-refractivity contribution in [2.45, 2.75) is 65.6 Å². The molecule has 0 aromatic carbocycles. The van der Waals surface area contributed by atoms with Crippen LogP contribution in [0.5, 0.6) is 0 Å². The zero-order chi connectivity index (χ0) is 17.8. The lowest BCUT2D eigenvalue weighted by atomic mass is 9.96. The molecule has 0 bridgehead atoms. The molecule has 0 saturated carbocycles. The fraction of sp³-hybridized carbons (Fsp3) is 0.882. The minimum Gasteiger partial charge on any atom is -0.444 e. The van der Waals surface area contributed by atoms with Crippen molar-refractivity contribution in [2.75, 3.05) is 26.7 Å². The minimum atomic E-state index is -0.481. The van der Waals surface area contributed by atoms with Gasteiger partial charge < -0.3 is 19.3 Å². The zero-order valence-corrected chi connectivity index (χ0v) is 15.6. The molecule has 1 rings (SSSR count). The van der Waals surface area contributed by atoms with Crippen molar-refractivity contribution < 1.29 is 19.1 Å². The van der Waals surface area contributed by atoms with Gasteiger partial charge in [-0.15, -0.1) is 0 Å². The van der Waals surface area contributed by atoms with Crippen molar-refractivity contribution in [2.24, 2.45) is 5.92 Å². The van der Waals surface area contributed by atoms with Gasteiger partial charge in [0.15, 0.2) is 0 Å². The molecule has 1 heterocycles. The lowest BCUT2D eigenvalue weighted by molar-refractivity contribution is 0.0124. The summed E-state index contributed by atoms with van der Waals surface area (Å²) >= 11 is 0. The lowest BCUT2D eigenvalue weighted by Crippen LogP contribution is -2.44. The SMILES string of the molecule is CN(CC1CCN(C(=O)OC(C)(C)C)CC1)C(=O)OC(C)(C)C. The Labute approximate surface area is 140 Å². The van der Waals surface area contributed by atoms with Crippen LogP contribution in [0.3, 0.4) is 0 Å². The third-order valence-electron chi connectivity index (χ3n) is 3.50. The maximum Gasteiger partial charge on any atom is 0.410 e. The first-order chi connectivity index (χ1) is 10.4. The van der Waals surface area contributed by atoms with Gasteiger partial charge in [0.05, 0.1) is 0 Å². The van der Waals surface area contributed by atoms with E-state index in [1.54, 1.807) is 16.8 Å². The van der Waals surface area contributed by atoms with Crippen LogP contribution in [0.1, 0.15) is 54.4 Å². The highest BCUT2D eigenvalue weighted by molar-refractivity contribution is 5.68. The molecule has 1 aliphatic heterocycles. The second kappa shape index (κ2) is 7.41. The third kappa shape index (κ3) is 7.57. The largest absolute Gasteiger partial charge is 0.444 e. The summed E-state index contributed by atoms with van der Waals surface area (Å²) < 4.78 is 10.7. The van der Waals surface area contributed by atoms with Gasteiger partial charge in [0, 0.05) is 26.7 Å². The molecule has 0 aromatic rings. The van der Waals surface area contributed by atoms with Crippen molar-refractivity contribution in [1.82, 2.24) is 9.80 Å². The summed E-state index contributed by atoms with van der Waals surface area (Å²) in [5, 5.41) is 0. The van der Waals surface area contributed by atoms with E-state index in [1.165, 1.54) is 0 Å². The predicted molar refractivity (Wildman–Crippen MR) is 89.4 cm³/mol. The smallest absolute Gasteiger partial charge is 0.410 e. The second-order valence-corrected chi connectivity index (χ2v) is 8.27. The molecular weight excluding hydrogens is 296 g/mol. The summed E-state index contributed by atoms with van der Waals surface area (Å²) in [5.74, 6) is 0.381. The van der Waals surface area contributed by atoms with E-state index in [-0.39, 0.29) is 12.2 Å². The van der Waals surface area contributed by atoms with Crippen molar-refractivity contribution in [3.63, 3.8) is 0 Å². The number of amides is 2. The predicted octanol–water partition coefficient (Wildman–Crippen LogP) is 3.50. The van der Waals surface area contributed by atoms with E-state index in [0.717, 1.165) is 12.8 Å². The summed E-state index contributed by atoms with van der Waals surface area (Å²) in [5.41, 5.74) is -0.948. The van der Waals surface area contributed by atoms with E-state index < -0.39 is 11.2 Å². The van der Waals surface area contributed by atoms with Crippen LogP contribution in [0.2, 0.25) is 0 Å². The number of hydrogen-bond acceptors (Lipinski definition) is 4. The summed E-state index contributed by atoms with van der Waals surface area (Å²) in [6, 6.07) is 0. The highest BCUT2D eigenvalue weighted by atomic mass is 16.6. The molecule has 6 nitrogen and oxygen atoms in total. The number of ether oxygens (including phenoxy) is 2. The minimum absolute atomic E-state index is 0.253. The lowest BCUT2D eigenvalue weighted by Gasteiger charge is -2.35. The van der Waals surface area contributed by atoms with E-state index in [4.69, 9.17) is 9.47 Å². The van der Waals surface area contributed by atoms with E-state index in [9.17, 15) is 9.59 Å². The van der Waals surface area contributed by atoms with Gasteiger partial charge in [0.2, 0.25) is 0 Å². The van der Waals surface area contributed by atoms with Crippen molar-refractivity contribution in [3.05, 3.63) is 0 Å². The number of hydrogen-bond donors (Lipinski definition) is 0. The number of nitrogens with zero attached hydrogens (tertiary/aromatic N) is 2. The Balaban J connectivity index is 2.39. The average Bonchev–Trinajstić information content (AvgIpc) is 2.35. The number of carbonyl (C=O) groups excluding carboxylic acids is 2. The summed E-state index contributed by atoms with van der Waals surface area (Å²) in [6.07, 6.45) is 1.18. The van der Waals surface area contributed by atoms with Crippen LogP contribution in [0.4, 0.5) is 9.59 Å².